The fraction of sp³-hybridized carbons (Fsp3) is 0.545. The highest BCUT2D eigenvalue weighted by Gasteiger charge is 2.24. The maximum Gasteiger partial charge on any atom is 0.343 e. The molecule has 0 bridgehead atoms. The summed E-state index contributed by atoms with van der Waals surface area (Å²) in [6, 6.07) is 0.447. The molecule has 0 aliphatic heterocycles. The van der Waals surface area contributed by atoms with E-state index in [1.54, 1.807) is 13.8 Å². The van der Waals surface area contributed by atoms with Crippen LogP contribution in [0.15, 0.2) is 0 Å². The van der Waals surface area contributed by atoms with Gasteiger partial charge in [0.05, 0.1) is 12.3 Å². The minimum atomic E-state index is -0.472. The van der Waals surface area contributed by atoms with E-state index < -0.39 is 5.97 Å². The van der Waals surface area contributed by atoms with E-state index in [1.807, 2.05) is 0 Å². The van der Waals surface area contributed by atoms with Crippen LogP contribution in [0, 0.1) is 6.92 Å². The number of rotatable bonds is 4. The maximum absolute atomic E-state index is 11.6. The van der Waals surface area contributed by atoms with E-state index in [1.165, 1.54) is 0 Å². The Bertz CT molecular complexity index is 420. The number of hydrogen-bond acceptors (Lipinski definition) is 6. The lowest BCUT2D eigenvalue weighted by Gasteiger charge is -2.10. The van der Waals surface area contributed by atoms with Crippen LogP contribution in [0.4, 0.5) is 11.8 Å². The summed E-state index contributed by atoms with van der Waals surface area (Å²) >= 11 is 0. The zero-order chi connectivity index (χ0) is 12.4. The Morgan fingerprint density at radius 1 is 1.53 bits per heavy atom. The van der Waals surface area contributed by atoms with Gasteiger partial charge in [-0.3, -0.25) is 0 Å². The number of ether oxygens (including phenoxy) is 1. The van der Waals surface area contributed by atoms with Gasteiger partial charge in [0.25, 0.3) is 0 Å². The Balaban J connectivity index is 2.24. The lowest BCUT2D eigenvalue weighted by molar-refractivity contribution is 0.0526. The number of carbonyl (C=O) groups is 1. The Kier molecular flexibility index (Phi) is 3.12. The zero-order valence-corrected chi connectivity index (χ0v) is 9.99. The summed E-state index contributed by atoms with van der Waals surface area (Å²) < 4.78 is 4.90. The van der Waals surface area contributed by atoms with Crippen molar-refractivity contribution in [3.05, 3.63) is 11.3 Å². The van der Waals surface area contributed by atoms with E-state index in [0.29, 0.717) is 24.3 Å². The Labute approximate surface area is 99.6 Å². The van der Waals surface area contributed by atoms with Gasteiger partial charge in [-0.05, 0) is 26.7 Å². The molecule has 0 unspecified atom stereocenters. The predicted octanol–water partition coefficient (Wildman–Crippen LogP) is 1.12. The van der Waals surface area contributed by atoms with Crippen LogP contribution in [-0.2, 0) is 4.74 Å². The fourth-order valence-electron chi connectivity index (χ4n) is 1.53. The summed E-state index contributed by atoms with van der Waals surface area (Å²) in [4.78, 5) is 19.9. The number of nitrogens with two attached hydrogens (primary N) is 1. The van der Waals surface area contributed by atoms with Crippen LogP contribution in [-0.4, -0.2) is 28.6 Å². The molecule has 3 N–H and O–H groups in total. The SMILES string of the molecule is CCOC(=O)c1c(C)nc(NC2CC2)nc1N. The second kappa shape index (κ2) is 4.57. The van der Waals surface area contributed by atoms with Crippen molar-refractivity contribution in [3.8, 4) is 0 Å². The summed E-state index contributed by atoms with van der Waals surface area (Å²) in [5.74, 6) is 0.176. The summed E-state index contributed by atoms with van der Waals surface area (Å²) in [7, 11) is 0. The summed E-state index contributed by atoms with van der Waals surface area (Å²) in [5.41, 5.74) is 6.56. The van der Waals surface area contributed by atoms with E-state index >= 15 is 0 Å². The van der Waals surface area contributed by atoms with Crippen LogP contribution in [0.5, 0.6) is 0 Å². The first-order valence-electron chi connectivity index (χ1n) is 5.69. The number of nitrogens with zero attached hydrogens (tertiary/aromatic N) is 2. The predicted molar refractivity (Wildman–Crippen MR) is 63.8 cm³/mol. The number of carbonyl (C=O) groups excluding carboxylic acids is 1. The molecule has 0 aromatic carbocycles. The van der Waals surface area contributed by atoms with Crippen LogP contribution >= 0.6 is 0 Å². The van der Waals surface area contributed by atoms with Crippen molar-refractivity contribution in [2.24, 2.45) is 0 Å². The van der Waals surface area contributed by atoms with Crippen LogP contribution in [0.3, 0.4) is 0 Å². The van der Waals surface area contributed by atoms with Crippen LogP contribution in [0.1, 0.15) is 35.8 Å². The van der Waals surface area contributed by atoms with E-state index in [4.69, 9.17) is 10.5 Å². The normalized spacial score (nSPS) is 14.5. The third-order valence-electron chi connectivity index (χ3n) is 2.51. The summed E-state index contributed by atoms with van der Waals surface area (Å²) in [6.07, 6.45) is 2.25. The van der Waals surface area contributed by atoms with Crippen molar-refractivity contribution >= 4 is 17.7 Å². The largest absolute Gasteiger partial charge is 0.462 e. The highest BCUT2D eigenvalue weighted by atomic mass is 16.5. The molecule has 0 spiro atoms. The van der Waals surface area contributed by atoms with Gasteiger partial charge in [0.15, 0.2) is 0 Å². The standard InChI is InChI=1S/C11H16N4O2/c1-3-17-10(16)8-6(2)13-11(15-9(8)12)14-7-4-5-7/h7H,3-5H2,1-2H3,(H3,12,13,14,15). The number of esters is 1. The molecule has 6 heteroatoms. The van der Waals surface area contributed by atoms with E-state index in [2.05, 4.69) is 15.3 Å². The van der Waals surface area contributed by atoms with Gasteiger partial charge in [0.1, 0.15) is 11.4 Å². The number of hydrogen-bond donors (Lipinski definition) is 2. The number of aromatic nitrogens is 2. The Hall–Kier alpha value is -1.85. The first kappa shape index (κ1) is 11.6. The molecular weight excluding hydrogens is 220 g/mol. The topological polar surface area (TPSA) is 90.1 Å². The molecule has 0 atom stereocenters. The number of anilines is 2. The molecule has 1 aliphatic carbocycles. The van der Waals surface area contributed by atoms with Gasteiger partial charge in [-0.25, -0.2) is 9.78 Å². The lowest BCUT2D eigenvalue weighted by atomic mass is 10.2. The minimum Gasteiger partial charge on any atom is -0.462 e. The molecule has 0 saturated heterocycles. The minimum absolute atomic E-state index is 0.166. The van der Waals surface area contributed by atoms with Crippen LogP contribution < -0.4 is 11.1 Å². The number of aryl methyl sites for hydroxylation is 1. The quantitative estimate of drug-likeness (QED) is 0.761. The lowest BCUT2D eigenvalue weighted by Crippen LogP contribution is -2.15. The second-order valence-electron chi connectivity index (χ2n) is 4.03. The van der Waals surface area contributed by atoms with Crippen LogP contribution in [0.2, 0.25) is 0 Å². The molecule has 1 aromatic heterocycles. The monoisotopic (exact) mass is 236 g/mol. The maximum atomic E-state index is 11.6. The second-order valence-corrected chi connectivity index (χ2v) is 4.03. The molecule has 1 saturated carbocycles. The smallest absolute Gasteiger partial charge is 0.343 e. The van der Waals surface area contributed by atoms with Crippen molar-refractivity contribution in [2.75, 3.05) is 17.7 Å². The van der Waals surface area contributed by atoms with Gasteiger partial charge in [0.2, 0.25) is 5.95 Å². The molecule has 1 heterocycles. The molecule has 6 nitrogen and oxygen atoms in total. The van der Waals surface area contributed by atoms with Crippen molar-refractivity contribution in [1.29, 1.82) is 0 Å². The van der Waals surface area contributed by atoms with E-state index in [0.717, 1.165) is 12.8 Å². The molecule has 0 amide bonds. The van der Waals surface area contributed by atoms with Crippen molar-refractivity contribution in [1.82, 2.24) is 9.97 Å². The molecule has 2 rings (SSSR count). The molecule has 1 aliphatic rings. The van der Waals surface area contributed by atoms with Gasteiger partial charge < -0.3 is 15.8 Å². The third-order valence-corrected chi connectivity index (χ3v) is 2.51. The number of nitrogens with one attached hydrogen (secondary N) is 1. The average molecular weight is 236 g/mol. The van der Waals surface area contributed by atoms with E-state index in [9.17, 15) is 4.79 Å². The van der Waals surface area contributed by atoms with Gasteiger partial charge in [0, 0.05) is 6.04 Å². The van der Waals surface area contributed by atoms with Crippen molar-refractivity contribution in [2.45, 2.75) is 32.7 Å². The zero-order valence-electron chi connectivity index (χ0n) is 9.99. The van der Waals surface area contributed by atoms with Crippen molar-refractivity contribution < 1.29 is 9.53 Å². The number of nitrogen functional groups attached to an aromatic ring is 1. The summed E-state index contributed by atoms with van der Waals surface area (Å²) in [6.45, 7) is 3.77. The Morgan fingerprint density at radius 3 is 2.76 bits per heavy atom. The Morgan fingerprint density at radius 2 is 2.24 bits per heavy atom. The van der Waals surface area contributed by atoms with Gasteiger partial charge in [-0.1, -0.05) is 0 Å². The van der Waals surface area contributed by atoms with E-state index in [-0.39, 0.29) is 11.4 Å². The molecule has 92 valence electrons. The molecule has 17 heavy (non-hydrogen) atoms. The third kappa shape index (κ3) is 2.64. The van der Waals surface area contributed by atoms with Crippen LogP contribution in [0.25, 0.3) is 0 Å². The highest BCUT2D eigenvalue weighted by Crippen LogP contribution is 2.24. The first-order valence-corrected chi connectivity index (χ1v) is 5.69. The average Bonchev–Trinajstić information content (AvgIpc) is 3.00. The summed E-state index contributed by atoms with van der Waals surface area (Å²) in [5, 5.41) is 3.14. The van der Waals surface area contributed by atoms with Gasteiger partial charge >= 0.3 is 5.97 Å². The first-order chi connectivity index (χ1) is 8.11. The molecule has 0 radical (unpaired) electrons. The molecule has 1 aromatic rings. The van der Waals surface area contributed by atoms with Crippen molar-refractivity contribution in [3.63, 3.8) is 0 Å². The molecular formula is C11H16N4O2. The van der Waals surface area contributed by atoms with Gasteiger partial charge in [-0.2, -0.15) is 4.98 Å². The molecule has 1 fully saturated rings. The highest BCUT2D eigenvalue weighted by molar-refractivity contribution is 5.95. The van der Waals surface area contributed by atoms with Gasteiger partial charge in [-0.15, -0.1) is 0 Å². The fourth-order valence-corrected chi connectivity index (χ4v) is 1.53.